The quantitative estimate of drug-likeness (QED) is 0.243. The minimum absolute atomic E-state index is 0.103. The largest absolute Gasteiger partial charge is 0.325 e. The van der Waals surface area contributed by atoms with Gasteiger partial charge in [0, 0.05) is 21.2 Å². The Morgan fingerprint density at radius 3 is 2.50 bits per heavy atom. The zero-order chi connectivity index (χ0) is 23.5. The third kappa shape index (κ3) is 5.22. The van der Waals surface area contributed by atoms with Crippen molar-refractivity contribution in [3.63, 3.8) is 0 Å². The maximum Gasteiger partial charge on any atom is 0.257 e. The van der Waals surface area contributed by atoms with Crippen LogP contribution in [-0.2, 0) is 4.79 Å². The predicted molar refractivity (Wildman–Crippen MR) is 142 cm³/mol. The summed E-state index contributed by atoms with van der Waals surface area (Å²) in [5.74, 6) is -0.0266. The van der Waals surface area contributed by atoms with E-state index >= 15 is 0 Å². The number of fused-ring (bicyclic) bond motifs is 2. The van der Waals surface area contributed by atoms with E-state index in [4.69, 9.17) is 11.6 Å². The van der Waals surface area contributed by atoms with Crippen LogP contribution in [0.25, 0.3) is 21.0 Å². The lowest BCUT2D eigenvalue weighted by Gasteiger charge is -2.05. The van der Waals surface area contributed by atoms with Crippen LogP contribution in [0.5, 0.6) is 0 Å². The zero-order valence-corrected chi connectivity index (χ0v) is 20.1. The Bertz CT molecular complexity index is 1520. The van der Waals surface area contributed by atoms with Crippen molar-refractivity contribution in [2.75, 3.05) is 16.4 Å². The van der Waals surface area contributed by atoms with Crippen LogP contribution < -0.4 is 10.6 Å². The molecule has 0 spiro atoms. The highest BCUT2D eigenvalue weighted by Crippen LogP contribution is 2.29. The van der Waals surface area contributed by atoms with E-state index in [2.05, 4.69) is 15.6 Å². The summed E-state index contributed by atoms with van der Waals surface area (Å²) in [6, 6.07) is 26.4. The van der Waals surface area contributed by atoms with Crippen molar-refractivity contribution in [2.45, 2.75) is 4.90 Å². The van der Waals surface area contributed by atoms with Gasteiger partial charge in [-0.2, -0.15) is 0 Å². The number of nitrogens with one attached hydrogen (secondary N) is 2. The third-order valence-electron chi connectivity index (χ3n) is 5.09. The lowest BCUT2D eigenvalue weighted by Crippen LogP contribution is -2.13. The van der Waals surface area contributed by atoms with Gasteiger partial charge in [-0.15, -0.1) is 11.8 Å². The minimum atomic E-state index is -0.211. The van der Waals surface area contributed by atoms with Crippen molar-refractivity contribution in [2.24, 2.45) is 0 Å². The molecule has 2 amide bonds. The molecule has 0 fully saturated rings. The average Bonchev–Trinajstić information content (AvgIpc) is 3.25. The number of aromatic nitrogens is 1. The number of thiazole rings is 1. The number of hydrogen-bond acceptors (Lipinski definition) is 5. The van der Waals surface area contributed by atoms with Gasteiger partial charge in [-0.25, -0.2) is 4.98 Å². The van der Waals surface area contributed by atoms with Gasteiger partial charge in [-0.05, 0) is 65.4 Å². The van der Waals surface area contributed by atoms with E-state index < -0.39 is 0 Å². The molecule has 0 atom stereocenters. The number of rotatable bonds is 6. The first-order valence-corrected chi connectivity index (χ1v) is 12.6. The standard InChI is InChI=1S/C26H18ClN3O2S2/c27-19-7-10-21(11-8-19)33-15-24(31)28-20-9-12-22-23(14-20)34-26(29-22)30-25(32)18-6-5-16-3-1-2-4-17(16)13-18/h1-14H,15H2,(H,28,31)(H,29,30,32). The molecule has 0 aliphatic carbocycles. The van der Waals surface area contributed by atoms with Gasteiger partial charge in [0.05, 0.1) is 16.0 Å². The van der Waals surface area contributed by atoms with Crippen LogP contribution in [0, 0.1) is 0 Å². The van der Waals surface area contributed by atoms with Crippen molar-refractivity contribution in [3.8, 4) is 0 Å². The summed E-state index contributed by atoms with van der Waals surface area (Å²) in [4.78, 5) is 30.6. The monoisotopic (exact) mass is 503 g/mol. The Hall–Kier alpha value is -3.39. The molecule has 0 bridgehead atoms. The summed E-state index contributed by atoms with van der Waals surface area (Å²) >= 11 is 8.70. The predicted octanol–water partition coefficient (Wildman–Crippen LogP) is 7.09. The molecule has 0 saturated carbocycles. The van der Waals surface area contributed by atoms with Crippen LogP contribution in [0.3, 0.4) is 0 Å². The smallest absolute Gasteiger partial charge is 0.257 e. The topological polar surface area (TPSA) is 71.1 Å². The van der Waals surface area contributed by atoms with Crippen LogP contribution in [0.2, 0.25) is 5.02 Å². The number of nitrogens with zero attached hydrogens (tertiary/aromatic N) is 1. The summed E-state index contributed by atoms with van der Waals surface area (Å²) in [5.41, 5.74) is 2.02. The number of halogens is 1. The van der Waals surface area contributed by atoms with E-state index in [0.717, 1.165) is 25.9 Å². The van der Waals surface area contributed by atoms with E-state index in [9.17, 15) is 9.59 Å². The zero-order valence-electron chi connectivity index (χ0n) is 17.7. The van der Waals surface area contributed by atoms with Crippen LogP contribution in [0.1, 0.15) is 10.4 Å². The SMILES string of the molecule is O=C(CSc1ccc(Cl)cc1)Nc1ccc2nc(NC(=O)c3ccc4ccccc4c3)sc2c1. The molecule has 0 aliphatic rings. The average molecular weight is 504 g/mol. The number of carbonyl (C=O) groups excluding carboxylic acids is 2. The van der Waals surface area contributed by atoms with E-state index in [-0.39, 0.29) is 17.6 Å². The van der Waals surface area contributed by atoms with E-state index in [1.807, 2.05) is 66.7 Å². The lowest BCUT2D eigenvalue weighted by atomic mass is 10.1. The van der Waals surface area contributed by atoms with Crippen LogP contribution in [-0.4, -0.2) is 22.6 Å². The maximum atomic E-state index is 12.7. The number of hydrogen-bond donors (Lipinski definition) is 2. The van der Waals surface area contributed by atoms with Crippen molar-refractivity contribution in [1.29, 1.82) is 0 Å². The first kappa shape index (κ1) is 22.4. The molecule has 0 aliphatic heterocycles. The van der Waals surface area contributed by atoms with Crippen molar-refractivity contribution >= 4 is 78.3 Å². The molecule has 5 rings (SSSR count). The van der Waals surface area contributed by atoms with Crippen LogP contribution >= 0.6 is 34.7 Å². The highest BCUT2D eigenvalue weighted by Gasteiger charge is 2.12. The number of carbonyl (C=O) groups is 2. The summed E-state index contributed by atoms with van der Waals surface area (Å²) < 4.78 is 0.872. The summed E-state index contributed by atoms with van der Waals surface area (Å²) in [7, 11) is 0. The van der Waals surface area contributed by atoms with Crippen molar-refractivity contribution in [3.05, 3.63) is 95.5 Å². The van der Waals surface area contributed by atoms with E-state index in [1.165, 1.54) is 23.1 Å². The molecule has 5 nitrogen and oxygen atoms in total. The third-order valence-corrected chi connectivity index (χ3v) is 7.29. The Morgan fingerprint density at radius 2 is 1.68 bits per heavy atom. The Balaban J connectivity index is 1.24. The first-order chi connectivity index (χ1) is 16.5. The second kappa shape index (κ2) is 9.85. The Morgan fingerprint density at radius 1 is 0.882 bits per heavy atom. The van der Waals surface area contributed by atoms with Crippen LogP contribution in [0.15, 0.2) is 89.8 Å². The van der Waals surface area contributed by atoms with Gasteiger partial charge in [-0.1, -0.05) is 53.3 Å². The van der Waals surface area contributed by atoms with Gasteiger partial charge in [0.25, 0.3) is 5.91 Å². The first-order valence-electron chi connectivity index (χ1n) is 10.4. The highest BCUT2D eigenvalue weighted by atomic mass is 35.5. The van der Waals surface area contributed by atoms with Gasteiger partial charge >= 0.3 is 0 Å². The van der Waals surface area contributed by atoms with Gasteiger partial charge in [0.2, 0.25) is 5.91 Å². The summed E-state index contributed by atoms with van der Waals surface area (Å²) in [6.45, 7) is 0. The van der Waals surface area contributed by atoms with Gasteiger partial charge in [0.1, 0.15) is 0 Å². The normalized spacial score (nSPS) is 11.0. The summed E-state index contributed by atoms with van der Waals surface area (Å²) in [6.07, 6.45) is 0. The van der Waals surface area contributed by atoms with Crippen molar-refractivity contribution < 1.29 is 9.59 Å². The molecule has 168 valence electrons. The van der Waals surface area contributed by atoms with Gasteiger partial charge in [0.15, 0.2) is 5.13 Å². The fraction of sp³-hybridized carbons (Fsp3) is 0.0385. The van der Waals surface area contributed by atoms with Crippen molar-refractivity contribution in [1.82, 2.24) is 4.98 Å². The molecule has 1 heterocycles. The fourth-order valence-electron chi connectivity index (χ4n) is 3.43. The minimum Gasteiger partial charge on any atom is -0.325 e. The number of benzene rings is 4. The molecule has 1 aromatic heterocycles. The fourth-order valence-corrected chi connectivity index (χ4v) is 5.16. The maximum absolute atomic E-state index is 12.7. The Kier molecular flexibility index (Phi) is 6.49. The summed E-state index contributed by atoms with van der Waals surface area (Å²) in [5, 5.41) is 9.06. The lowest BCUT2D eigenvalue weighted by molar-refractivity contribution is -0.113. The molecular formula is C26H18ClN3O2S2. The van der Waals surface area contributed by atoms with Crippen LogP contribution in [0.4, 0.5) is 10.8 Å². The molecular weight excluding hydrogens is 486 g/mol. The molecule has 0 unspecified atom stereocenters. The molecule has 4 aromatic carbocycles. The number of thioether (sulfide) groups is 1. The molecule has 34 heavy (non-hydrogen) atoms. The number of amides is 2. The second-order valence-corrected chi connectivity index (χ2v) is 10.0. The molecule has 8 heteroatoms. The second-order valence-electron chi connectivity index (χ2n) is 7.51. The van der Waals surface area contributed by atoms with Gasteiger partial charge < -0.3 is 5.32 Å². The highest BCUT2D eigenvalue weighted by molar-refractivity contribution is 8.00. The molecule has 0 saturated heterocycles. The van der Waals surface area contributed by atoms with E-state index in [1.54, 1.807) is 18.2 Å². The Labute approximate surface area is 209 Å². The van der Waals surface area contributed by atoms with E-state index in [0.29, 0.717) is 21.4 Å². The molecule has 0 radical (unpaired) electrons. The molecule has 5 aromatic rings. The number of anilines is 2. The van der Waals surface area contributed by atoms with Gasteiger partial charge in [-0.3, -0.25) is 14.9 Å². The molecule has 2 N–H and O–H groups in total.